The molecule has 0 aliphatic rings. The van der Waals surface area contributed by atoms with Gasteiger partial charge in [0.1, 0.15) is 5.75 Å². The first-order valence-corrected chi connectivity index (χ1v) is 3.87. The van der Waals surface area contributed by atoms with Gasteiger partial charge < -0.3 is 15.2 Å². The summed E-state index contributed by atoms with van der Waals surface area (Å²) in [6, 6.07) is 0.571. The Kier molecular flexibility index (Phi) is 3.03. The third kappa shape index (κ3) is 2.52. The molecule has 0 radical (unpaired) electrons. The van der Waals surface area contributed by atoms with E-state index >= 15 is 0 Å². The van der Waals surface area contributed by atoms with Crippen molar-refractivity contribution in [3.05, 3.63) is 27.7 Å². The van der Waals surface area contributed by atoms with Gasteiger partial charge in [-0.05, 0) is 6.07 Å². The molecule has 0 amide bonds. The SMILES string of the molecule is O=C(O)Cc1[nH]c(=O)c(C(F)F)cc1O. The van der Waals surface area contributed by atoms with Crippen LogP contribution in [-0.4, -0.2) is 21.2 Å². The van der Waals surface area contributed by atoms with Gasteiger partial charge in [0.2, 0.25) is 0 Å². The summed E-state index contributed by atoms with van der Waals surface area (Å²) >= 11 is 0. The molecule has 0 unspecified atom stereocenters. The van der Waals surface area contributed by atoms with Gasteiger partial charge in [0.25, 0.3) is 12.0 Å². The van der Waals surface area contributed by atoms with Crippen LogP contribution in [0.15, 0.2) is 10.9 Å². The summed E-state index contributed by atoms with van der Waals surface area (Å²) in [4.78, 5) is 23.1. The van der Waals surface area contributed by atoms with Gasteiger partial charge in [-0.3, -0.25) is 9.59 Å². The highest BCUT2D eigenvalue weighted by atomic mass is 19.3. The number of H-pyrrole nitrogens is 1. The van der Waals surface area contributed by atoms with Crippen molar-refractivity contribution in [2.45, 2.75) is 12.8 Å². The molecule has 82 valence electrons. The lowest BCUT2D eigenvalue weighted by Crippen LogP contribution is -2.16. The molecule has 1 aromatic heterocycles. The standard InChI is InChI=1S/C8H7F2NO4/c9-7(10)3-1-5(12)4(2-6(13)14)11-8(3)15/h1,7,12H,2H2,(H,11,15)(H,13,14). The summed E-state index contributed by atoms with van der Waals surface area (Å²) in [5, 5.41) is 17.5. The summed E-state index contributed by atoms with van der Waals surface area (Å²) in [5.41, 5.74) is -2.28. The van der Waals surface area contributed by atoms with Crippen molar-refractivity contribution in [2.24, 2.45) is 0 Å². The number of carbonyl (C=O) groups is 1. The molecular weight excluding hydrogens is 212 g/mol. The van der Waals surface area contributed by atoms with Crippen molar-refractivity contribution in [1.29, 1.82) is 0 Å². The van der Waals surface area contributed by atoms with Gasteiger partial charge in [-0.25, -0.2) is 8.78 Å². The third-order valence-electron chi connectivity index (χ3n) is 1.69. The smallest absolute Gasteiger partial charge is 0.309 e. The van der Waals surface area contributed by atoms with Gasteiger partial charge >= 0.3 is 5.97 Å². The first kappa shape index (κ1) is 11.2. The van der Waals surface area contributed by atoms with Crippen molar-refractivity contribution in [3.8, 4) is 5.75 Å². The minimum Gasteiger partial charge on any atom is -0.506 e. The highest BCUT2D eigenvalue weighted by Crippen LogP contribution is 2.21. The number of aromatic hydroxyl groups is 1. The van der Waals surface area contributed by atoms with E-state index in [1.165, 1.54) is 0 Å². The van der Waals surface area contributed by atoms with Crippen LogP contribution in [0.5, 0.6) is 5.75 Å². The lowest BCUT2D eigenvalue weighted by atomic mass is 10.2. The van der Waals surface area contributed by atoms with E-state index in [0.29, 0.717) is 6.07 Å². The van der Waals surface area contributed by atoms with Crippen molar-refractivity contribution in [1.82, 2.24) is 4.98 Å². The molecule has 0 spiro atoms. The third-order valence-corrected chi connectivity index (χ3v) is 1.69. The number of halogens is 2. The molecule has 0 aromatic carbocycles. The van der Waals surface area contributed by atoms with E-state index in [0.717, 1.165) is 0 Å². The quantitative estimate of drug-likeness (QED) is 0.695. The maximum Gasteiger partial charge on any atom is 0.309 e. The lowest BCUT2D eigenvalue weighted by molar-refractivity contribution is -0.136. The van der Waals surface area contributed by atoms with Gasteiger partial charge in [0.05, 0.1) is 17.7 Å². The summed E-state index contributed by atoms with van der Waals surface area (Å²) in [6.07, 6.45) is -3.65. The number of aromatic amines is 1. The second kappa shape index (κ2) is 4.07. The summed E-state index contributed by atoms with van der Waals surface area (Å²) < 4.78 is 24.3. The second-order valence-electron chi connectivity index (χ2n) is 2.79. The van der Waals surface area contributed by atoms with Crippen LogP contribution in [-0.2, 0) is 11.2 Å². The van der Waals surface area contributed by atoms with E-state index < -0.39 is 35.7 Å². The number of rotatable bonds is 3. The molecule has 0 aliphatic heterocycles. The Labute approximate surface area is 82.0 Å². The Hall–Kier alpha value is -1.92. The van der Waals surface area contributed by atoms with Crippen LogP contribution in [0.4, 0.5) is 8.78 Å². The minimum absolute atomic E-state index is 0.295. The van der Waals surface area contributed by atoms with E-state index in [2.05, 4.69) is 0 Å². The topological polar surface area (TPSA) is 90.4 Å². The number of pyridine rings is 1. The zero-order valence-electron chi connectivity index (χ0n) is 7.33. The minimum atomic E-state index is -3.02. The van der Waals surface area contributed by atoms with E-state index in [-0.39, 0.29) is 5.69 Å². The van der Waals surface area contributed by atoms with Gasteiger partial charge in [0.15, 0.2) is 0 Å². The zero-order chi connectivity index (χ0) is 11.6. The number of alkyl halides is 2. The molecule has 0 atom stereocenters. The molecule has 0 saturated carbocycles. The summed E-state index contributed by atoms with van der Waals surface area (Å²) in [5.74, 6) is -1.95. The molecule has 1 rings (SSSR count). The van der Waals surface area contributed by atoms with Crippen LogP contribution in [0.25, 0.3) is 0 Å². The van der Waals surface area contributed by atoms with Gasteiger partial charge in [-0.1, -0.05) is 0 Å². The molecule has 1 aromatic rings. The monoisotopic (exact) mass is 219 g/mol. The Bertz CT molecular complexity index is 441. The number of nitrogens with one attached hydrogen (secondary N) is 1. The van der Waals surface area contributed by atoms with Crippen LogP contribution in [0.1, 0.15) is 17.7 Å². The van der Waals surface area contributed by atoms with Crippen molar-refractivity contribution >= 4 is 5.97 Å². The van der Waals surface area contributed by atoms with Crippen LogP contribution in [0.3, 0.4) is 0 Å². The molecule has 3 N–H and O–H groups in total. The van der Waals surface area contributed by atoms with Gasteiger partial charge in [-0.2, -0.15) is 0 Å². The number of carboxylic acid groups (broad SMARTS) is 1. The van der Waals surface area contributed by atoms with Crippen molar-refractivity contribution in [3.63, 3.8) is 0 Å². The molecule has 0 aliphatic carbocycles. The van der Waals surface area contributed by atoms with E-state index in [1.54, 1.807) is 0 Å². The molecule has 5 nitrogen and oxygen atoms in total. The predicted octanol–water partition coefficient (Wildman–Crippen LogP) is 0.645. The molecular formula is C8H7F2NO4. The first-order valence-electron chi connectivity index (χ1n) is 3.87. The van der Waals surface area contributed by atoms with E-state index in [4.69, 9.17) is 10.2 Å². The largest absolute Gasteiger partial charge is 0.506 e. The van der Waals surface area contributed by atoms with Gasteiger partial charge in [-0.15, -0.1) is 0 Å². The number of aromatic nitrogens is 1. The summed E-state index contributed by atoms with van der Waals surface area (Å²) in [7, 11) is 0. The fraction of sp³-hybridized carbons (Fsp3) is 0.250. The van der Waals surface area contributed by atoms with E-state index in [9.17, 15) is 18.4 Å². The average molecular weight is 219 g/mol. The first-order chi connectivity index (χ1) is 6.91. The number of carboxylic acids is 1. The number of hydrogen-bond donors (Lipinski definition) is 3. The highest BCUT2D eigenvalue weighted by molar-refractivity contribution is 5.70. The van der Waals surface area contributed by atoms with Crippen LogP contribution in [0.2, 0.25) is 0 Å². The fourth-order valence-corrected chi connectivity index (χ4v) is 1.02. The van der Waals surface area contributed by atoms with E-state index in [1.807, 2.05) is 4.98 Å². The van der Waals surface area contributed by atoms with Crippen LogP contribution >= 0.6 is 0 Å². The number of aliphatic carboxylic acids is 1. The molecule has 0 fully saturated rings. The normalized spacial score (nSPS) is 10.6. The molecule has 7 heteroatoms. The maximum absolute atomic E-state index is 12.2. The Morgan fingerprint density at radius 2 is 2.13 bits per heavy atom. The molecule has 1 heterocycles. The average Bonchev–Trinajstić information content (AvgIpc) is 2.09. The van der Waals surface area contributed by atoms with Crippen LogP contribution in [0, 0.1) is 0 Å². The molecule has 0 bridgehead atoms. The lowest BCUT2D eigenvalue weighted by Gasteiger charge is -2.04. The fourth-order valence-electron chi connectivity index (χ4n) is 1.02. The zero-order valence-corrected chi connectivity index (χ0v) is 7.33. The Morgan fingerprint density at radius 1 is 1.53 bits per heavy atom. The Morgan fingerprint density at radius 3 is 2.60 bits per heavy atom. The highest BCUT2D eigenvalue weighted by Gasteiger charge is 2.16. The maximum atomic E-state index is 12.2. The van der Waals surface area contributed by atoms with Gasteiger partial charge in [0, 0.05) is 0 Å². The molecule has 15 heavy (non-hydrogen) atoms. The van der Waals surface area contributed by atoms with Crippen molar-refractivity contribution in [2.75, 3.05) is 0 Å². The van der Waals surface area contributed by atoms with Crippen molar-refractivity contribution < 1.29 is 23.8 Å². The second-order valence-corrected chi connectivity index (χ2v) is 2.79. The number of hydrogen-bond acceptors (Lipinski definition) is 3. The Balaban J connectivity index is 3.20. The predicted molar refractivity (Wildman–Crippen MR) is 45.0 cm³/mol. The molecule has 0 saturated heterocycles. The van der Waals surface area contributed by atoms with Crippen LogP contribution < -0.4 is 5.56 Å². The summed E-state index contributed by atoms with van der Waals surface area (Å²) in [6.45, 7) is 0.